The van der Waals surface area contributed by atoms with Crippen molar-refractivity contribution in [3.63, 3.8) is 0 Å². The molecule has 5 heteroatoms. The Hall–Kier alpha value is -2.04. The largest absolute Gasteiger partial charge is 0.469 e. The lowest BCUT2D eigenvalue weighted by Crippen LogP contribution is -2.33. The van der Waals surface area contributed by atoms with Crippen LogP contribution in [0.4, 0.5) is 0 Å². The van der Waals surface area contributed by atoms with Gasteiger partial charge in [-0.15, -0.1) is 0 Å². The monoisotopic (exact) mass is 346 g/mol. The third-order valence-electron chi connectivity index (χ3n) is 4.97. The van der Waals surface area contributed by atoms with E-state index in [1.807, 2.05) is 6.08 Å². The first kappa shape index (κ1) is 19.3. The highest BCUT2D eigenvalue weighted by atomic mass is 16.5. The zero-order chi connectivity index (χ0) is 18.4. The predicted octanol–water partition coefficient (Wildman–Crippen LogP) is 3.69. The number of carbonyl (C=O) groups is 2. The molecular formula is C20H30N2O3. The Kier molecular flexibility index (Phi) is 6.85. The van der Waals surface area contributed by atoms with Gasteiger partial charge in [0.1, 0.15) is 0 Å². The molecule has 0 spiro atoms. The summed E-state index contributed by atoms with van der Waals surface area (Å²) in [5.41, 5.74) is 3.55. The van der Waals surface area contributed by atoms with Crippen molar-refractivity contribution >= 4 is 18.0 Å². The molecule has 1 aromatic rings. The molecule has 0 bridgehead atoms. The van der Waals surface area contributed by atoms with Crippen LogP contribution in [0.3, 0.4) is 0 Å². The summed E-state index contributed by atoms with van der Waals surface area (Å²) in [5.74, 6) is -0.522. The molecule has 1 heterocycles. The van der Waals surface area contributed by atoms with Gasteiger partial charge in [0.25, 0.3) is 0 Å². The van der Waals surface area contributed by atoms with Crippen LogP contribution >= 0.6 is 0 Å². The molecule has 1 aliphatic rings. The lowest BCUT2D eigenvalue weighted by molar-refractivity contribution is -0.141. The second kappa shape index (κ2) is 8.88. The molecule has 5 nitrogen and oxygen atoms in total. The predicted molar refractivity (Wildman–Crippen MR) is 99.3 cm³/mol. The molecule has 1 fully saturated rings. The lowest BCUT2D eigenvalue weighted by atomic mass is 9.95. The van der Waals surface area contributed by atoms with Crippen LogP contribution in [-0.4, -0.2) is 29.6 Å². The first-order chi connectivity index (χ1) is 11.9. The zero-order valence-corrected chi connectivity index (χ0v) is 15.8. The summed E-state index contributed by atoms with van der Waals surface area (Å²) in [6, 6.07) is 2.48. The van der Waals surface area contributed by atoms with E-state index >= 15 is 0 Å². The van der Waals surface area contributed by atoms with Crippen molar-refractivity contribution in [2.24, 2.45) is 0 Å². The van der Waals surface area contributed by atoms with Gasteiger partial charge < -0.3 is 14.6 Å². The van der Waals surface area contributed by atoms with E-state index in [4.69, 9.17) is 0 Å². The van der Waals surface area contributed by atoms with Crippen molar-refractivity contribution in [1.82, 2.24) is 9.88 Å². The summed E-state index contributed by atoms with van der Waals surface area (Å²) in [4.78, 5) is 23.3. The zero-order valence-electron chi connectivity index (χ0n) is 15.8. The third-order valence-corrected chi connectivity index (χ3v) is 4.97. The van der Waals surface area contributed by atoms with Crippen molar-refractivity contribution in [2.45, 2.75) is 71.4 Å². The number of nitrogens with zero attached hydrogens (tertiary/aromatic N) is 1. The quantitative estimate of drug-likeness (QED) is 0.631. The van der Waals surface area contributed by atoms with E-state index in [2.05, 4.69) is 34.5 Å². The van der Waals surface area contributed by atoms with E-state index in [0.29, 0.717) is 6.04 Å². The molecule has 0 saturated heterocycles. The van der Waals surface area contributed by atoms with Crippen molar-refractivity contribution in [1.29, 1.82) is 0 Å². The van der Waals surface area contributed by atoms with E-state index in [-0.39, 0.29) is 24.3 Å². The molecule has 1 aliphatic carbocycles. The van der Waals surface area contributed by atoms with Crippen LogP contribution in [0.1, 0.15) is 68.4 Å². The fraction of sp³-hybridized carbons (Fsp3) is 0.600. The maximum absolute atomic E-state index is 12.0. The summed E-state index contributed by atoms with van der Waals surface area (Å²) in [6.45, 7) is 6.05. The number of ether oxygens (including phenoxy) is 1. The summed E-state index contributed by atoms with van der Waals surface area (Å²) >= 11 is 0. The molecule has 0 aromatic carbocycles. The number of esters is 1. The summed E-state index contributed by atoms with van der Waals surface area (Å²) in [7, 11) is 1.35. The fourth-order valence-electron chi connectivity index (χ4n) is 3.71. The molecule has 1 aromatic heterocycles. The van der Waals surface area contributed by atoms with Gasteiger partial charge in [-0.1, -0.05) is 19.3 Å². The average molecular weight is 346 g/mol. The van der Waals surface area contributed by atoms with Crippen LogP contribution in [0.5, 0.6) is 0 Å². The first-order valence-corrected chi connectivity index (χ1v) is 9.16. The van der Waals surface area contributed by atoms with Gasteiger partial charge in [0.2, 0.25) is 5.91 Å². The summed E-state index contributed by atoms with van der Waals surface area (Å²) in [6.07, 6.45) is 10.00. The molecule has 1 saturated carbocycles. The molecule has 138 valence electrons. The van der Waals surface area contributed by atoms with Crippen LogP contribution in [-0.2, 0) is 14.3 Å². The van der Waals surface area contributed by atoms with Gasteiger partial charge in [0.15, 0.2) is 0 Å². The van der Waals surface area contributed by atoms with Crippen molar-refractivity contribution in [2.75, 3.05) is 7.11 Å². The number of carbonyl (C=O) groups excluding carboxylic acids is 2. The number of rotatable bonds is 6. The average Bonchev–Trinajstić information content (AvgIpc) is 2.87. The molecule has 2 rings (SSSR count). The number of aryl methyl sites for hydroxylation is 1. The number of nitrogens with one attached hydrogen (secondary N) is 1. The van der Waals surface area contributed by atoms with Crippen LogP contribution < -0.4 is 5.32 Å². The maximum atomic E-state index is 12.0. The number of amides is 1. The molecule has 1 amide bonds. The lowest BCUT2D eigenvalue weighted by Gasteiger charge is -2.26. The van der Waals surface area contributed by atoms with Gasteiger partial charge in [0, 0.05) is 29.5 Å². The summed E-state index contributed by atoms with van der Waals surface area (Å²) in [5, 5.41) is 2.79. The van der Waals surface area contributed by atoms with Crippen molar-refractivity contribution in [3.8, 4) is 0 Å². The van der Waals surface area contributed by atoms with Crippen LogP contribution in [0, 0.1) is 13.8 Å². The van der Waals surface area contributed by atoms with Gasteiger partial charge >= 0.3 is 5.97 Å². The smallest absolute Gasteiger partial charge is 0.307 e. The van der Waals surface area contributed by atoms with E-state index in [1.54, 1.807) is 13.0 Å². The molecular weight excluding hydrogens is 316 g/mol. The Bertz CT molecular complexity index is 640. The minimum Gasteiger partial charge on any atom is -0.469 e. The van der Waals surface area contributed by atoms with Crippen LogP contribution in [0.2, 0.25) is 0 Å². The Labute approximate surface area is 150 Å². The molecule has 1 atom stereocenters. The molecule has 1 N–H and O–H groups in total. The van der Waals surface area contributed by atoms with Gasteiger partial charge in [0.05, 0.1) is 13.5 Å². The Balaban J connectivity index is 2.01. The molecule has 0 radical (unpaired) electrons. The minimum atomic E-state index is -0.326. The van der Waals surface area contributed by atoms with Crippen molar-refractivity contribution in [3.05, 3.63) is 29.1 Å². The van der Waals surface area contributed by atoms with E-state index < -0.39 is 0 Å². The normalized spacial score (nSPS) is 16.8. The minimum absolute atomic E-state index is 0.173. The van der Waals surface area contributed by atoms with Gasteiger partial charge in [-0.25, -0.2) is 0 Å². The highest BCUT2D eigenvalue weighted by Crippen LogP contribution is 2.32. The van der Waals surface area contributed by atoms with Gasteiger partial charge in [-0.2, -0.15) is 0 Å². The Morgan fingerprint density at radius 1 is 1.32 bits per heavy atom. The second-order valence-corrected chi connectivity index (χ2v) is 7.01. The molecule has 1 unspecified atom stereocenters. The summed E-state index contributed by atoms with van der Waals surface area (Å²) < 4.78 is 7.04. The standard InChI is InChI=1S/C20H30N2O3/c1-14(12-20(24)25-4)21-19(23)11-10-17-13-15(2)22(16(17)3)18-8-6-5-7-9-18/h10-11,13-14,18H,5-9,12H2,1-4H3,(H,21,23)/b11-10+. The maximum Gasteiger partial charge on any atom is 0.307 e. The SMILES string of the molecule is COC(=O)CC(C)NC(=O)/C=C/c1cc(C)n(C2CCCCC2)c1C. The van der Waals surface area contributed by atoms with Crippen LogP contribution in [0.15, 0.2) is 12.1 Å². The van der Waals surface area contributed by atoms with Crippen molar-refractivity contribution < 1.29 is 14.3 Å². The van der Waals surface area contributed by atoms with Crippen LogP contribution in [0.25, 0.3) is 6.08 Å². The Morgan fingerprint density at radius 3 is 2.64 bits per heavy atom. The van der Waals surface area contributed by atoms with E-state index in [1.165, 1.54) is 50.6 Å². The highest BCUT2D eigenvalue weighted by Gasteiger charge is 2.19. The topological polar surface area (TPSA) is 60.3 Å². The van der Waals surface area contributed by atoms with Gasteiger partial charge in [-0.3, -0.25) is 9.59 Å². The third kappa shape index (κ3) is 5.21. The fourth-order valence-corrected chi connectivity index (χ4v) is 3.71. The highest BCUT2D eigenvalue weighted by molar-refractivity contribution is 5.92. The Morgan fingerprint density at radius 2 is 2.00 bits per heavy atom. The van der Waals surface area contributed by atoms with E-state index in [0.717, 1.165) is 5.56 Å². The molecule has 0 aliphatic heterocycles. The molecule has 25 heavy (non-hydrogen) atoms. The number of hydrogen-bond acceptors (Lipinski definition) is 3. The van der Waals surface area contributed by atoms with E-state index in [9.17, 15) is 9.59 Å². The number of methoxy groups -OCH3 is 1. The number of hydrogen-bond donors (Lipinski definition) is 1. The van der Waals surface area contributed by atoms with Gasteiger partial charge in [-0.05, 0) is 51.3 Å². The second-order valence-electron chi connectivity index (χ2n) is 7.01. The first-order valence-electron chi connectivity index (χ1n) is 9.16. The number of aromatic nitrogens is 1.